The molecule has 0 bridgehead atoms. The number of aromatic nitrogens is 1. The van der Waals surface area contributed by atoms with E-state index in [0.717, 1.165) is 10.2 Å². The Morgan fingerprint density at radius 2 is 2.20 bits per heavy atom. The van der Waals surface area contributed by atoms with Crippen molar-refractivity contribution in [2.45, 2.75) is 6.92 Å². The first-order valence-electron chi connectivity index (χ1n) is 5.98. The summed E-state index contributed by atoms with van der Waals surface area (Å²) in [5.74, 6) is 1.35. The maximum absolute atomic E-state index is 12.0. The fourth-order valence-electron chi connectivity index (χ4n) is 1.86. The number of anilines is 1. The molecule has 1 N–H and O–H groups in total. The minimum Gasteiger partial charge on any atom is -0.494 e. The van der Waals surface area contributed by atoms with Gasteiger partial charge in [-0.25, -0.2) is 4.98 Å². The number of nitrogens with zero attached hydrogens (tertiary/aromatic N) is 1. The molecular formula is C14H12N2O3S. The van der Waals surface area contributed by atoms with Gasteiger partial charge in [0.1, 0.15) is 17.0 Å². The van der Waals surface area contributed by atoms with Crippen LogP contribution in [-0.2, 0) is 0 Å². The highest BCUT2D eigenvalue weighted by Crippen LogP contribution is 2.32. The minimum absolute atomic E-state index is 0.272. The van der Waals surface area contributed by atoms with Crippen LogP contribution in [0.3, 0.4) is 0 Å². The highest BCUT2D eigenvalue weighted by Gasteiger charge is 2.14. The predicted octanol–water partition coefficient (Wildman–Crippen LogP) is 3.46. The predicted molar refractivity (Wildman–Crippen MR) is 77.6 cm³/mol. The second-order valence-corrected chi connectivity index (χ2v) is 5.22. The number of benzene rings is 1. The molecule has 3 rings (SSSR count). The number of thiazole rings is 1. The number of carbonyl (C=O) groups excluding carboxylic acids is 1. The molecule has 1 aromatic carbocycles. The molecule has 102 valence electrons. The van der Waals surface area contributed by atoms with E-state index in [1.54, 1.807) is 26.2 Å². The summed E-state index contributed by atoms with van der Waals surface area (Å²) in [5, 5.41) is 3.25. The highest BCUT2D eigenvalue weighted by atomic mass is 32.1. The van der Waals surface area contributed by atoms with Crippen molar-refractivity contribution in [1.82, 2.24) is 4.98 Å². The summed E-state index contributed by atoms with van der Waals surface area (Å²) >= 11 is 1.39. The SMILES string of the molecule is COc1cccc2sc(NC(=O)c3ccc(C)o3)nc12. The fourth-order valence-corrected chi connectivity index (χ4v) is 2.74. The minimum atomic E-state index is -0.309. The van der Waals surface area contributed by atoms with Gasteiger partial charge >= 0.3 is 0 Å². The first kappa shape index (κ1) is 12.7. The van der Waals surface area contributed by atoms with Gasteiger partial charge in [0.15, 0.2) is 10.9 Å². The monoisotopic (exact) mass is 288 g/mol. The molecule has 0 saturated heterocycles. The van der Waals surface area contributed by atoms with Crippen LogP contribution in [0, 0.1) is 6.92 Å². The summed E-state index contributed by atoms with van der Waals surface area (Å²) in [6.45, 7) is 1.79. The van der Waals surface area contributed by atoms with E-state index in [1.165, 1.54) is 11.3 Å². The van der Waals surface area contributed by atoms with Crippen molar-refractivity contribution in [1.29, 1.82) is 0 Å². The van der Waals surface area contributed by atoms with Gasteiger partial charge in [-0.05, 0) is 31.2 Å². The van der Waals surface area contributed by atoms with E-state index in [9.17, 15) is 4.79 Å². The lowest BCUT2D eigenvalue weighted by molar-refractivity contribution is 0.0995. The van der Waals surface area contributed by atoms with E-state index in [-0.39, 0.29) is 11.7 Å². The van der Waals surface area contributed by atoms with Crippen molar-refractivity contribution < 1.29 is 13.9 Å². The number of aryl methyl sites for hydroxylation is 1. The molecule has 0 aliphatic carbocycles. The summed E-state index contributed by atoms with van der Waals surface area (Å²) in [6.07, 6.45) is 0. The summed E-state index contributed by atoms with van der Waals surface area (Å²) in [6, 6.07) is 9.04. The molecule has 0 aliphatic heterocycles. The number of fused-ring (bicyclic) bond motifs is 1. The van der Waals surface area contributed by atoms with Crippen molar-refractivity contribution >= 4 is 32.6 Å². The fraction of sp³-hybridized carbons (Fsp3) is 0.143. The van der Waals surface area contributed by atoms with Crippen molar-refractivity contribution in [2.24, 2.45) is 0 Å². The number of rotatable bonds is 3. The van der Waals surface area contributed by atoms with Crippen LogP contribution < -0.4 is 10.1 Å². The number of carbonyl (C=O) groups is 1. The number of para-hydroxylation sites is 1. The lowest BCUT2D eigenvalue weighted by atomic mass is 10.3. The zero-order valence-electron chi connectivity index (χ0n) is 11.0. The molecule has 2 aromatic heterocycles. The van der Waals surface area contributed by atoms with Crippen LogP contribution in [0.5, 0.6) is 5.75 Å². The van der Waals surface area contributed by atoms with E-state index in [2.05, 4.69) is 10.3 Å². The van der Waals surface area contributed by atoms with E-state index in [0.29, 0.717) is 16.6 Å². The van der Waals surface area contributed by atoms with E-state index in [4.69, 9.17) is 9.15 Å². The zero-order valence-corrected chi connectivity index (χ0v) is 11.8. The van der Waals surface area contributed by atoms with Gasteiger partial charge in [-0.3, -0.25) is 10.1 Å². The second-order valence-electron chi connectivity index (χ2n) is 4.19. The molecule has 2 heterocycles. The quantitative estimate of drug-likeness (QED) is 0.801. The smallest absolute Gasteiger partial charge is 0.293 e. The molecule has 0 saturated carbocycles. The normalized spacial score (nSPS) is 10.7. The van der Waals surface area contributed by atoms with Gasteiger partial charge in [-0.2, -0.15) is 0 Å². The van der Waals surface area contributed by atoms with Gasteiger partial charge in [0.05, 0.1) is 11.8 Å². The van der Waals surface area contributed by atoms with Crippen molar-refractivity contribution in [3.05, 3.63) is 41.9 Å². The number of amides is 1. The molecule has 0 spiro atoms. The largest absolute Gasteiger partial charge is 0.494 e. The van der Waals surface area contributed by atoms with Crippen LogP contribution in [0.4, 0.5) is 5.13 Å². The average Bonchev–Trinajstić information content (AvgIpc) is 3.03. The molecule has 0 fully saturated rings. The molecule has 3 aromatic rings. The van der Waals surface area contributed by atoms with Gasteiger partial charge in [-0.15, -0.1) is 0 Å². The maximum Gasteiger partial charge on any atom is 0.293 e. The molecule has 0 unspecified atom stereocenters. The summed E-state index contributed by atoms with van der Waals surface area (Å²) in [7, 11) is 1.60. The number of hydrogen-bond donors (Lipinski definition) is 1. The average molecular weight is 288 g/mol. The first-order valence-corrected chi connectivity index (χ1v) is 6.80. The topological polar surface area (TPSA) is 64.4 Å². The third-order valence-corrected chi connectivity index (χ3v) is 3.72. The summed E-state index contributed by atoms with van der Waals surface area (Å²) < 4.78 is 11.5. The Morgan fingerprint density at radius 1 is 1.35 bits per heavy atom. The molecule has 20 heavy (non-hydrogen) atoms. The van der Waals surface area contributed by atoms with Crippen molar-refractivity contribution in [2.75, 3.05) is 12.4 Å². The Labute approximate surface area is 119 Å². The lowest BCUT2D eigenvalue weighted by Gasteiger charge is -1.98. The van der Waals surface area contributed by atoms with Crippen molar-refractivity contribution in [3.63, 3.8) is 0 Å². The van der Waals surface area contributed by atoms with Gasteiger partial charge in [-0.1, -0.05) is 17.4 Å². The van der Waals surface area contributed by atoms with E-state index < -0.39 is 0 Å². The van der Waals surface area contributed by atoms with Crippen LogP contribution in [0.15, 0.2) is 34.7 Å². The number of furan rings is 1. The van der Waals surface area contributed by atoms with Gasteiger partial charge in [0.25, 0.3) is 5.91 Å². The standard InChI is InChI=1S/C14H12N2O3S/c1-8-6-7-10(19-8)13(17)16-14-15-12-9(18-2)4-3-5-11(12)20-14/h3-7H,1-2H3,(H,15,16,17). The summed E-state index contributed by atoms with van der Waals surface area (Å²) in [5.41, 5.74) is 0.742. The number of ether oxygens (including phenoxy) is 1. The molecular weight excluding hydrogens is 276 g/mol. The first-order chi connectivity index (χ1) is 9.67. The Kier molecular flexibility index (Phi) is 3.15. The molecule has 0 aliphatic rings. The van der Waals surface area contributed by atoms with Crippen LogP contribution in [0.2, 0.25) is 0 Å². The third-order valence-electron chi connectivity index (χ3n) is 2.79. The number of hydrogen-bond acceptors (Lipinski definition) is 5. The van der Waals surface area contributed by atoms with E-state index in [1.807, 2.05) is 18.2 Å². The maximum atomic E-state index is 12.0. The van der Waals surface area contributed by atoms with Crippen molar-refractivity contribution in [3.8, 4) is 5.75 Å². The molecule has 6 heteroatoms. The Morgan fingerprint density at radius 3 is 2.90 bits per heavy atom. The van der Waals surface area contributed by atoms with Gasteiger partial charge in [0, 0.05) is 0 Å². The molecule has 5 nitrogen and oxygen atoms in total. The Hall–Kier alpha value is -2.34. The van der Waals surface area contributed by atoms with Gasteiger partial charge in [0.2, 0.25) is 0 Å². The number of methoxy groups -OCH3 is 1. The van der Waals surface area contributed by atoms with E-state index >= 15 is 0 Å². The van der Waals surface area contributed by atoms with Crippen LogP contribution in [0.1, 0.15) is 16.3 Å². The Bertz CT molecular complexity index is 776. The number of nitrogens with one attached hydrogen (secondary N) is 1. The lowest BCUT2D eigenvalue weighted by Crippen LogP contribution is -2.10. The van der Waals surface area contributed by atoms with Gasteiger partial charge < -0.3 is 9.15 Å². The summed E-state index contributed by atoms with van der Waals surface area (Å²) in [4.78, 5) is 16.4. The van der Waals surface area contributed by atoms with Crippen LogP contribution in [-0.4, -0.2) is 18.0 Å². The van der Waals surface area contributed by atoms with Crippen LogP contribution >= 0.6 is 11.3 Å². The zero-order chi connectivity index (χ0) is 14.1. The molecule has 1 amide bonds. The Balaban J connectivity index is 1.89. The molecule has 0 atom stereocenters. The third kappa shape index (κ3) is 2.25. The van der Waals surface area contributed by atoms with Crippen LogP contribution in [0.25, 0.3) is 10.2 Å². The molecule has 0 radical (unpaired) electrons. The second kappa shape index (κ2) is 4.97. The highest BCUT2D eigenvalue weighted by molar-refractivity contribution is 7.22.